The second kappa shape index (κ2) is 7.04. The van der Waals surface area contributed by atoms with Crippen molar-refractivity contribution in [1.82, 2.24) is 9.88 Å². The van der Waals surface area contributed by atoms with Crippen LogP contribution in [0.1, 0.15) is 32.4 Å². The first-order chi connectivity index (χ1) is 9.63. The summed E-state index contributed by atoms with van der Waals surface area (Å²) in [4.78, 5) is 20.0. The normalized spacial score (nSPS) is 18.9. The van der Waals surface area contributed by atoms with E-state index >= 15 is 0 Å². The van der Waals surface area contributed by atoms with E-state index in [0.717, 1.165) is 37.0 Å². The number of aromatic nitrogens is 1. The number of rotatable bonds is 7. The third kappa shape index (κ3) is 3.70. The molecule has 1 aliphatic heterocycles. The summed E-state index contributed by atoms with van der Waals surface area (Å²) in [7, 11) is 0. The highest BCUT2D eigenvalue weighted by Gasteiger charge is 2.27. The van der Waals surface area contributed by atoms with Gasteiger partial charge in [0.25, 0.3) is 0 Å². The summed E-state index contributed by atoms with van der Waals surface area (Å²) in [6.45, 7) is 8.69. The van der Waals surface area contributed by atoms with E-state index < -0.39 is 5.97 Å². The van der Waals surface area contributed by atoms with Gasteiger partial charge >= 0.3 is 5.97 Å². The molecule has 20 heavy (non-hydrogen) atoms. The zero-order valence-electron chi connectivity index (χ0n) is 12.2. The molecule has 1 aromatic rings. The summed E-state index contributed by atoms with van der Waals surface area (Å²) >= 11 is 1.63. The van der Waals surface area contributed by atoms with Crippen LogP contribution in [0.15, 0.2) is 5.38 Å². The van der Waals surface area contributed by atoms with Gasteiger partial charge in [0.1, 0.15) is 0 Å². The fraction of sp³-hybridized carbons (Fsp3) is 0.714. The first-order valence-electron chi connectivity index (χ1n) is 7.29. The topological polar surface area (TPSA) is 56.7 Å². The van der Waals surface area contributed by atoms with Crippen LogP contribution in [0.4, 0.5) is 5.13 Å². The Hall–Kier alpha value is -1.14. The van der Waals surface area contributed by atoms with Crippen molar-refractivity contribution >= 4 is 22.4 Å². The molecule has 6 heteroatoms. The second-order valence-electron chi connectivity index (χ2n) is 5.12. The monoisotopic (exact) mass is 297 g/mol. The van der Waals surface area contributed by atoms with E-state index in [4.69, 9.17) is 5.11 Å². The predicted octanol–water partition coefficient (Wildman–Crippen LogP) is 2.08. The van der Waals surface area contributed by atoms with Crippen LogP contribution in [0.2, 0.25) is 0 Å². The molecule has 1 atom stereocenters. The molecule has 1 N–H and O–H groups in total. The Kier molecular flexibility index (Phi) is 5.37. The van der Waals surface area contributed by atoms with Crippen LogP contribution < -0.4 is 4.90 Å². The lowest BCUT2D eigenvalue weighted by molar-refractivity contribution is -0.136. The van der Waals surface area contributed by atoms with E-state index in [0.29, 0.717) is 12.5 Å². The number of nitrogens with zero attached hydrogens (tertiary/aromatic N) is 3. The van der Waals surface area contributed by atoms with Gasteiger partial charge in [-0.15, -0.1) is 11.3 Å². The summed E-state index contributed by atoms with van der Waals surface area (Å²) in [6.07, 6.45) is 1.87. The van der Waals surface area contributed by atoms with Gasteiger partial charge in [-0.1, -0.05) is 13.8 Å². The Morgan fingerprint density at radius 3 is 2.95 bits per heavy atom. The molecule has 1 unspecified atom stereocenters. The van der Waals surface area contributed by atoms with Crippen LogP contribution in [0.3, 0.4) is 0 Å². The van der Waals surface area contributed by atoms with Crippen LogP contribution in [0, 0.1) is 0 Å². The number of carboxylic acid groups (broad SMARTS) is 1. The number of aryl methyl sites for hydroxylation is 1. The van der Waals surface area contributed by atoms with Crippen molar-refractivity contribution in [2.75, 3.05) is 31.1 Å². The second-order valence-corrected chi connectivity index (χ2v) is 5.96. The number of anilines is 1. The molecule has 1 fully saturated rings. The summed E-state index contributed by atoms with van der Waals surface area (Å²) in [6, 6.07) is 0.622. The molecule has 2 rings (SSSR count). The van der Waals surface area contributed by atoms with Gasteiger partial charge in [0, 0.05) is 30.9 Å². The van der Waals surface area contributed by atoms with Crippen LogP contribution in [0.5, 0.6) is 0 Å². The molecule has 5 nitrogen and oxygen atoms in total. The summed E-state index contributed by atoms with van der Waals surface area (Å²) in [5, 5.41) is 11.7. The van der Waals surface area contributed by atoms with Crippen molar-refractivity contribution in [2.45, 2.75) is 39.2 Å². The van der Waals surface area contributed by atoms with Crippen LogP contribution in [0.25, 0.3) is 0 Å². The molecular formula is C14H23N3O2S. The van der Waals surface area contributed by atoms with E-state index in [9.17, 15) is 4.79 Å². The molecule has 2 heterocycles. The zero-order valence-corrected chi connectivity index (χ0v) is 13.0. The molecule has 0 radical (unpaired) electrons. The lowest BCUT2D eigenvalue weighted by Crippen LogP contribution is -2.37. The average Bonchev–Trinajstić information content (AvgIpc) is 3.06. The van der Waals surface area contributed by atoms with E-state index in [1.807, 2.05) is 5.38 Å². The van der Waals surface area contributed by atoms with Crippen molar-refractivity contribution in [2.24, 2.45) is 0 Å². The molecule has 1 aromatic heterocycles. The molecule has 0 amide bonds. The van der Waals surface area contributed by atoms with Crippen LogP contribution >= 0.6 is 11.3 Å². The maximum Gasteiger partial charge on any atom is 0.303 e. The van der Waals surface area contributed by atoms with Gasteiger partial charge in [-0.2, -0.15) is 0 Å². The molecule has 112 valence electrons. The number of carbonyl (C=O) groups is 1. The number of carboxylic acids is 1. The third-order valence-corrected chi connectivity index (χ3v) is 4.85. The maximum absolute atomic E-state index is 10.6. The van der Waals surface area contributed by atoms with Crippen molar-refractivity contribution in [3.05, 3.63) is 11.1 Å². The minimum Gasteiger partial charge on any atom is -0.481 e. The Morgan fingerprint density at radius 2 is 2.30 bits per heavy atom. The SMILES string of the molecule is CCN(CC)C1CCN(c2nc(CCC(=O)O)cs2)C1. The van der Waals surface area contributed by atoms with Crippen molar-refractivity contribution in [1.29, 1.82) is 0 Å². The maximum atomic E-state index is 10.6. The zero-order chi connectivity index (χ0) is 14.5. The number of thiazole rings is 1. The van der Waals surface area contributed by atoms with Crippen molar-refractivity contribution in [3.8, 4) is 0 Å². The van der Waals surface area contributed by atoms with Crippen molar-refractivity contribution in [3.63, 3.8) is 0 Å². The number of aliphatic carboxylic acids is 1. The lowest BCUT2D eigenvalue weighted by atomic mass is 10.2. The molecule has 1 aliphatic rings. The summed E-state index contributed by atoms with van der Waals surface area (Å²) < 4.78 is 0. The smallest absolute Gasteiger partial charge is 0.303 e. The van der Waals surface area contributed by atoms with Gasteiger partial charge in [-0.05, 0) is 19.5 Å². The first-order valence-corrected chi connectivity index (χ1v) is 8.17. The van der Waals surface area contributed by atoms with E-state index in [1.165, 1.54) is 6.42 Å². The fourth-order valence-corrected chi connectivity index (χ4v) is 3.64. The Balaban J connectivity index is 1.91. The highest BCUT2D eigenvalue weighted by Crippen LogP contribution is 2.26. The molecule has 0 aromatic carbocycles. The molecule has 0 bridgehead atoms. The Labute approximate surface area is 124 Å². The third-order valence-electron chi connectivity index (χ3n) is 3.90. The van der Waals surface area contributed by atoms with Crippen LogP contribution in [-0.4, -0.2) is 53.2 Å². The summed E-state index contributed by atoms with van der Waals surface area (Å²) in [5.74, 6) is -0.762. The number of likely N-dealkylation sites (N-methyl/N-ethyl adjacent to an activating group) is 1. The predicted molar refractivity (Wildman–Crippen MR) is 81.6 cm³/mol. The van der Waals surface area contributed by atoms with E-state index in [1.54, 1.807) is 11.3 Å². The van der Waals surface area contributed by atoms with E-state index in [-0.39, 0.29) is 6.42 Å². The Morgan fingerprint density at radius 1 is 1.55 bits per heavy atom. The lowest BCUT2D eigenvalue weighted by Gasteiger charge is -2.25. The molecular weight excluding hydrogens is 274 g/mol. The minimum atomic E-state index is -0.762. The van der Waals surface area contributed by atoms with Gasteiger partial charge in [-0.3, -0.25) is 9.69 Å². The highest BCUT2D eigenvalue weighted by atomic mass is 32.1. The van der Waals surface area contributed by atoms with E-state index in [2.05, 4.69) is 28.6 Å². The molecule has 1 saturated heterocycles. The first kappa shape index (κ1) is 15.3. The van der Waals surface area contributed by atoms with Crippen molar-refractivity contribution < 1.29 is 9.90 Å². The highest BCUT2D eigenvalue weighted by molar-refractivity contribution is 7.13. The standard InChI is InChI=1S/C14H23N3O2S/c1-3-16(4-2)12-7-8-17(9-12)14-15-11(10-20-14)5-6-13(18)19/h10,12H,3-9H2,1-2H3,(H,18,19). The van der Waals surface area contributed by atoms with Gasteiger partial charge in [0.15, 0.2) is 5.13 Å². The van der Waals surface area contributed by atoms with Gasteiger partial charge in [-0.25, -0.2) is 4.98 Å². The molecule has 0 spiro atoms. The number of hydrogen-bond acceptors (Lipinski definition) is 5. The molecule has 0 saturated carbocycles. The van der Waals surface area contributed by atoms with Gasteiger partial charge in [0.05, 0.1) is 12.1 Å². The number of hydrogen-bond donors (Lipinski definition) is 1. The minimum absolute atomic E-state index is 0.158. The largest absolute Gasteiger partial charge is 0.481 e. The fourth-order valence-electron chi connectivity index (χ4n) is 2.74. The van der Waals surface area contributed by atoms with Gasteiger partial charge in [0.2, 0.25) is 0 Å². The van der Waals surface area contributed by atoms with Crippen LogP contribution in [-0.2, 0) is 11.2 Å². The average molecular weight is 297 g/mol. The molecule has 0 aliphatic carbocycles. The summed E-state index contributed by atoms with van der Waals surface area (Å²) in [5.41, 5.74) is 0.902. The quantitative estimate of drug-likeness (QED) is 0.835. The Bertz CT molecular complexity index is 445. The van der Waals surface area contributed by atoms with Gasteiger partial charge < -0.3 is 10.0 Å².